The zero-order chi connectivity index (χ0) is 17.4. The van der Waals surface area contributed by atoms with Crippen LogP contribution in [-0.4, -0.2) is 4.98 Å². The van der Waals surface area contributed by atoms with Crippen LogP contribution in [0.15, 0.2) is 65.1 Å². The molecule has 0 bridgehead atoms. The zero-order valence-electron chi connectivity index (χ0n) is 13.8. The van der Waals surface area contributed by atoms with Gasteiger partial charge in [0.05, 0.1) is 0 Å². The second kappa shape index (κ2) is 6.26. The number of nitrogens with two attached hydrogens (primary N) is 1. The van der Waals surface area contributed by atoms with Crippen molar-refractivity contribution < 1.29 is 4.42 Å². The summed E-state index contributed by atoms with van der Waals surface area (Å²) in [6, 6.07) is 20.0. The number of rotatable bonds is 3. The van der Waals surface area contributed by atoms with Crippen LogP contribution in [-0.2, 0) is 6.42 Å². The standard InChI is InChI=1S/C21H17ClN2O/c1-13-24-21-19(16-3-2-4-17(22)12-16)10-15(11-20(21)25-13)9-14-5-7-18(23)8-6-14/h2-8,10-12H,9,23H2,1H3. The Morgan fingerprint density at radius 1 is 1.00 bits per heavy atom. The van der Waals surface area contributed by atoms with Gasteiger partial charge in [0.2, 0.25) is 0 Å². The molecule has 3 nitrogen and oxygen atoms in total. The topological polar surface area (TPSA) is 52.0 Å². The van der Waals surface area contributed by atoms with Crippen LogP contribution < -0.4 is 5.73 Å². The third-order valence-corrected chi connectivity index (χ3v) is 4.42. The van der Waals surface area contributed by atoms with E-state index in [2.05, 4.69) is 17.1 Å². The van der Waals surface area contributed by atoms with Crippen LogP contribution in [0.2, 0.25) is 5.02 Å². The van der Waals surface area contributed by atoms with Gasteiger partial charge in [-0.25, -0.2) is 4.98 Å². The lowest BCUT2D eigenvalue weighted by atomic mass is 9.98. The lowest BCUT2D eigenvalue weighted by Crippen LogP contribution is -1.92. The second-order valence-electron chi connectivity index (χ2n) is 6.15. The first kappa shape index (κ1) is 15.7. The molecule has 4 aromatic rings. The molecule has 2 N–H and O–H groups in total. The van der Waals surface area contributed by atoms with Crippen molar-refractivity contribution in [1.29, 1.82) is 0 Å². The van der Waals surface area contributed by atoms with Crippen LogP contribution in [0.5, 0.6) is 0 Å². The molecular formula is C21H17ClN2O. The average molecular weight is 349 g/mol. The summed E-state index contributed by atoms with van der Waals surface area (Å²) < 4.78 is 5.79. The van der Waals surface area contributed by atoms with Crippen LogP contribution in [0.4, 0.5) is 5.69 Å². The van der Waals surface area contributed by atoms with Gasteiger partial charge in [-0.2, -0.15) is 0 Å². The van der Waals surface area contributed by atoms with Crippen LogP contribution in [0.3, 0.4) is 0 Å². The Hall–Kier alpha value is -2.78. The van der Waals surface area contributed by atoms with E-state index >= 15 is 0 Å². The highest BCUT2D eigenvalue weighted by Crippen LogP contribution is 2.32. The van der Waals surface area contributed by atoms with Crippen molar-refractivity contribution in [3.8, 4) is 11.1 Å². The van der Waals surface area contributed by atoms with Crippen LogP contribution in [0, 0.1) is 6.92 Å². The minimum atomic E-state index is 0.655. The summed E-state index contributed by atoms with van der Waals surface area (Å²) >= 11 is 6.18. The number of nitrogen functional groups attached to an aromatic ring is 1. The number of fused-ring (bicyclic) bond motifs is 1. The number of aromatic nitrogens is 1. The number of halogens is 1. The molecule has 0 aliphatic carbocycles. The molecule has 25 heavy (non-hydrogen) atoms. The van der Waals surface area contributed by atoms with Gasteiger partial charge in [-0.3, -0.25) is 0 Å². The molecule has 0 spiro atoms. The predicted octanol–water partition coefficient (Wildman–Crippen LogP) is 5.63. The summed E-state index contributed by atoms with van der Waals surface area (Å²) in [5.74, 6) is 0.655. The van der Waals surface area contributed by atoms with E-state index in [4.69, 9.17) is 21.8 Å². The van der Waals surface area contributed by atoms with Crippen molar-refractivity contribution in [2.45, 2.75) is 13.3 Å². The smallest absolute Gasteiger partial charge is 0.192 e. The van der Waals surface area contributed by atoms with Gasteiger partial charge in [0.1, 0.15) is 5.52 Å². The molecule has 0 unspecified atom stereocenters. The Balaban J connectivity index is 1.84. The van der Waals surface area contributed by atoms with E-state index in [1.54, 1.807) is 0 Å². The Labute approximate surface area is 151 Å². The van der Waals surface area contributed by atoms with Crippen molar-refractivity contribution in [3.05, 3.63) is 82.7 Å². The summed E-state index contributed by atoms with van der Waals surface area (Å²) in [4.78, 5) is 4.55. The summed E-state index contributed by atoms with van der Waals surface area (Å²) in [6.07, 6.45) is 0.795. The van der Waals surface area contributed by atoms with Crippen molar-refractivity contribution in [1.82, 2.24) is 4.98 Å². The molecule has 3 aromatic carbocycles. The molecule has 0 fully saturated rings. The van der Waals surface area contributed by atoms with Crippen molar-refractivity contribution in [2.75, 3.05) is 5.73 Å². The van der Waals surface area contributed by atoms with Crippen LogP contribution >= 0.6 is 11.6 Å². The summed E-state index contributed by atoms with van der Waals surface area (Å²) in [7, 11) is 0. The normalized spacial score (nSPS) is 11.1. The van der Waals surface area contributed by atoms with Crippen molar-refractivity contribution in [3.63, 3.8) is 0 Å². The van der Waals surface area contributed by atoms with E-state index in [1.807, 2.05) is 55.5 Å². The van der Waals surface area contributed by atoms with Crippen molar-refractivity contribution in [2.24, 2.45) is 0 Å². The molecule has 0 aliphatic rings. The Morgan fingerprint density at radius 2 is 1.80 bits per heavy atom. The van der Waals surface area contributed by atoms with E-state index in [0.717, 1.165) is 39.9 Å². The highest BCUT2D eigenvalue weighted by atomic mass is 35.5. The number of oxazole rings is 1. The van der Waals surface area contributed by atoms with Gasteiger partial charge in [-0.1, -0.05) is 35.9 Å². The number of aryl methyl sites for hydroxylation is 1. The first-order chi connectivity index (χ1) is 12.1. The maximum absolute atomic E-state index is 6.18. The van der Waals surface area contributed by atoms with E-state index in [-0.39, 0.29) is 0 Å². The highest BCUT2D eigenvalue weighted by molar-refractivity contribution is 6.30. The number of nitrogens with zero attached hydrogens (tertiary/aromatic N) is 1. The second-order valence-corrected chi connectivity index (χ2v) is 6.59. The molecule has 1 aromatic heterocycles. The molecule has 124 valence electrons. The minimum absolute atomic E-state index is 0.655. The number of hydrogen-bond donors (Lipinski definition) is 1. The molecule has 4 heteroatoms. The maximum Gasteiger partial charge on any atom is 0.192 e. The van der Waals surface area contributed by atoms with Crippen LogP contribution in [0.1, 0.15) is 17.0 Å². The highest BCUT2D eigenvalue weighted by Gasteiger charge is 2.13. The molecule has 0 saturated heterocycles. The fraction of sp³-hybridized carbons (Fsp3) is 0.0952. The third kappa shape index (κ3) is 3.24. The van der Waals surface area contributed by atoms with Crippen molar-refractivity contribution >= 4 is 28.4 Å². The Kier molecular flexibility index (Phi) is 3.94. The Morgan fingerprint density at radius 3 is 2.56 bits per heavy atom. The fourth-order valence-corrected chi connectivity index (χ4v) is 3.24. The lowest BCUT2D eigenvalue weighted by molar-refractivity contribution is 0.561. The van der Waals surface area contributed by atoms with Crippen LogP contribution in [0.25, 0.3) is 22.2 Å². The summed E-state index contributed by atoms with van der Waals surface area (Å²) in [6.45, 7) is 1.86. The maximum atomic E-state index is 6.18. The van der Waals surface area contributed by atoms with E-state index < -0.39 is 0 Å². The molecule has 0 radical (unpaired) electrons. The molecule has 0 atom stereocenters. The van der Waals surface area contributed by atoms with Gasteiger partial charge in [0.25, 0.3) is 0 Å². The van der Waals surface area contributed by atoms with Gasteiger partial charge in [-0.05, 0) is 59.5 Å². The van der Waals surface area contributed by atoms with E-state index in [1.165, 1.54) is 5.56 Å². The molecule has 0 amide bonds. The molecule has 4 rings (SSSR count). The SMILES string of the molecule is Cc1nc2c(-c3cccc(Cl)c3)cc(Cc3ccc(N)cc3)cc2o1. The first-order valence-electron chi connectivity index (χ1n) is 8.09. The zero-order valence-corrected chi connectivity index (χ0v) is 14.5. The average Bonchev–Trinajstić information content (AvgIpc) is 2.96. The van der Waals surface area contributed by atoms with Gasteiger partial charge in [0.15, 0.2) is 11.5 Å². The molecular weight excluding hydrogens is 332 g/mol. The quantitative estimate of drug-likeness (QED) is 0.488. The first-order valence-corrected chi connectivity index (χ1v) is 8.47. The van der Waals surface area contributed by atoms with Gasteiger partial charge in [-0.15, -0.1) is 0 Å². The van der Waals surface area contributed by atoms with E-state index in [0.29, 0.717) is 10.9 Å². The summed E-state index contributed by atoms with van der Waals surface area (Å²) in [5.41, 5.74) is 12.6. The Bertz CT molecular complexity index is 1050. The fourth-order valence-electron chi connectivity index (χ4n) is 3.05. The molecule has 1 heterocycles. The number of hydrogen-bond acceptors (Lipinski definition) is 3. The van der Waals surface area contributed by atoms with E-state index in [9.17, 15) is 0 Å². The predicted molar refractivity (Wildman–Crippen MR) is 103 cm³/mol. The summed E-state index contributed by atoms with van der Waals surface area (Å²) in [5, 5.41) is 0.704. The molecule has 0 aliphatic heterocycles. The van der Waals surface area contributed by atoms with Gasteiger partial charge in [0, 0.05) is 23.2 Å². The minimum Gasteiger partial charge on any atom is -0.441 e. The van der Waals surface area contributed by atoms with Gasteiger partial charge >= 0.3 is 0 Å². The van der Waals surface area contributed by atoms with Gasteiger partial charge < -0.3 is 10.2 Å². The number of benzene rings is 3. The largest absolute Gasteiger partial charge is 0.441 e. The number of anilines is 1. The lowest BCUT2D eigenvalue weighted by Gasteiger charge is -2.08. The monoisotopic (exact) mass is 348 g/mol. The third-order valence-electron chi connectivity index (χ3n) is 4.19. The molecule has 0 saturated carbocycles.